The minimum atomic E-state index is 0.370. The van der Waals surface area contributed by atoms with Crippen LogP contribution in [-0.2, 0) is 0 Å². The van der Waals surface area contributed by atoms with E-state index in [4.69, 9.17) is 10.7 Å². The Morgan fingerprint density at radius 2 is 2.36 bits per heavy atom. The number of hydrogen-bond donors (Lipinski definition) is 2. The number of nitrogens with one attached hydrogen (secondary N) is 1. The molecule has 0 saturated carbocycles. The highest BCUT2D eigenvalue weighted by atomic mass is 79.9. The van der Waals surface area contributed by atoms with E-state index in [0.717, 1.165) is 52.3 Å². The topological polar surface area (TPSA) is 81.1 Å². The number of halogens is 1. The van der Waals surface area contributed by atoms with Crippen molar-refractivity contribution in [1.82, 2.24) is 24.9 Å². The molecule has 4 heterocycles. The molecule has 3 aromatic heterocycles. The first-order valence-electron chi connectivity index (χ1n) is 7.19. The van der Waals surface area contributed by atoms with Crippen LogP contribution in [0.15, 0.2) is 22.2 Å². The van der Waals surface area contributed by atoms with Gasteiger partial charge in [-0.2, -0.15) is 9.61 Å². The maximum atomic E-state index is 6.27. The molecule has 6 nitrogen and oxygen atoms in total. The minimum absolute atomic E-state index is 0.370. The van der Waals surface area contributed by atoms with E-state index in [1.54, 1.807) is 28.2 Å². The molecule has 0 aromatic carbocycles. The van der Waals surface area contributed by atoms with Gasteiger partial charge >= 0.3 is 0 Å². The van der Waals surface area contributed by atoms with Crippen molar-refractivity contribution in [3.63, 3.8) is 0 Å². The Morgan fingerprint density at radius 3 is 3.09 bits per heavy atom. The van der Waals surface area contributed by atoms with Gasteiger partial charge in [-0.3, -0.25) is 0 Å². The number of rotatable bonds is 2. The molecule has 0 radical (unpaired) electrons. The van der Waals surface area contributed by atoms with Crippen LogP contribution < -0.4 is 11.1 Å². The van der Waals surface area contributed by atoms with Gasteiger partial charge in [0.05, 0.1) is 21.9 Å². The first-order valence-corrected chi connectivity index (χ1v) is 8.86. The van der Waals surface area contributed by atoms with E-state index in [1.165, 1.54) is 0 Å². The van der Waals surface area contributed by atoms with Gasteiger partial charge in [-0.1, -0.05) is 0 Å². The number of nitrogens with two attached hydrogens (primary N) is 1. The SMILES string of the molecule is Nc1c(Br)c(C2CCCNC2)nc2c(-c3nccs3)cnn12. The van der Waals surface area contributed by atoms with E-state index in [-0.39, 0.29) is 0 Å². The zero-order chi connectivity index (χ0) is 15.1. The molecule has 1 saturated heterocycles. The van der Waals surface area contributed by atoms with Crippen molar-refractivity contribution in [1.29, 1.82) is 0 Å². The predicted molar refractivity (Wildman–Crippen MR) is 91.1 cm³/mol. The van der Waals surface area contributed by atoms with Crippen LogP contribution in [0.3, 0.4) is 0 Å². The zero-order valence-corrected chi connectivity index (χ0v) is 14.2. The first kappa shape index (κ1) is 14.1. The molecule has 0 aliphatic carbocycles. The van der Waals surface area contributed by atoms with E-state index in [1.807, 2.05) is 5.38 Å². The summed E-state index contributed by atoms with van der Waals surface area (Å²) in [7, 11) is 0. The average molecular weight is 379 g/mol. The Morgan fingerprint density at radius 1 is 1.45 bits per heavy atom. The summed E-state index contributed by atoms with van der Waals surface area (Å²) in [6, 6.07) is 0. The molecule has 1 fully saturated rings. The van der Waals surface area contributed by atoms with Gasteiger partial charge in [0.25, 0.3) is 0 Å². The predicted octanol–water partition coefficient (Wildman–Crippen LogP) is 2.66. The molecule has 3 aromatic rings. The van der Waals surface area contributed by atoms with Crippen LogP contribution in [0.4, 0.5) is 5.82 Å². The van der Waals surface area contributed by atoms with Crippen molar-refractivity contribution in [3.8, 4) is 10.6 Å². The van der Waals surface area contributed by atoms with Crippen LogP contribution >= 0.6 is 27.3 Å². The van der Waals surface area contributed by atoms with E-state index >= 15 is 0 Å². The van der Waals surface area contributed by atoms with Gasteiger partial charge in [0, 0.05) is 24.0 Å². The van der Waals surface area contributed by atoms with Crippen LogP contribution in [-0.4, -0.2) is 32.7 Å². The molecule has 0 spiro atoms. The van der Waals surface area contributed by atoms with Gasteiger partial charge in [0.2, 0.25) is 0 Å². The number of hydrogen-bond acceptors (Lipinski definition) is 6. The number of thiazole rings is 1. The Balaban J connectivity index is 1.90. The van der Waals surface area contributed by atoms with Gasteiger partial charge in [-0.15, -0.1) is 11.3 Å². The summed E-state index contributed by atoms with van der Waals surface area (Å²) in [4.78, 5) is 9.24. The fraction of sp³-hybridized carbons (Fsp3) is 0.357. The number of aromatic nitrogens is 4. The first-order chi connectivity index (χ1) is 10.8. The minimum Gasteiger partial charge on any atom is -0.383 e. The van der Waals surface area contributed by atoms with Crippen LogP contribution in [0.2, 0.25) is 0 Å². The fourth-order valence-corrected chi connectivity index (χ4v) is 4.10. The summed E-state index contributed by atoms with van der Waals surface area (Å²) in [6.45, 7) is 2.00. The Hall–Kier alpha value is -1.51. The van der Waals surface area contributed by atoms with Crippen LogP contribution in [0.25, 0.3) is 16.2 Å². The Labute approximate surface area is 139 Å². The smallest absolute Gasteiger partial charge is 0.167 e. The second-order valence-corrected chi connectivity index (χ2v) is 7.06. The zero-order valence-electron chi connectivity index (χ0n) is 11.8. The molecule has 114 valence electrons. The maximum absolute atomic E-state index is 6.27. The molecule has 1 aliphatic heterocycles. The third-order valence-electron chi connectivity index (χ3n) is 3.99. The quantitative estimate of drug-likeness (QED) is 0.716. The van der Waals surface area contributed by atoms with Crippen molar-refractivity contribution in [2.45, 2.75) is 18.8 Å². The van der Waals surface area contributed by atoms with Crippen molar-refractivity contribution >= 4 is 38.7 Å². The molecule has 0 bridgehead atoms. The van der Waals surface area contributed by atoms with E-state index in [2.05, 4.69) is 31.3 Å². The summed E-state index contributed by atoms with van der Waals surface area (Å²) in [5, 5.41) is 10.7. The molecule has 1 atom stereocenters. The molecule has 1 unspecified atom stereocenters. The molecule has 1 aliphatic rings. The summed E-state index contributed by atoms with van der Waals surface area (Å²) in [5.74, 6) is 0.961. The lowest BCUT2D eigenvalue weighted by Gasteiger charge is -2.23. The van der Waals surface area contributed by atoms with Crippen LogP contribution in [0.5, 0.6) is 0 Å². The van der Waals surface area contributed by atoms with Crippen LogP contribution in [0.1, 0.15) is 24.5 Å². The number of fused-ring (bicyclic) bond motifs is 1. The molecule has 22 heavy (non-hydrogen) atoms. The van der Waals surface area contributed by atoms with Gasteiger partial charge in [0.1, 0.15) is 10.8 Å². The molecule has 8 heteroatoms. The molecular weight excluding hydrogens is 364 g/mol. The van der Waals surface area contributed by atoms with Crippen molar-refractivity contribution < 1.29 is 0 Å². The second-order valence-electron chi connectivity index (χ2n) is 5.37. The Kier molecular flexibility index (Phi) is 3.59. The number of anilines is 1. The van der Waals surface area contributed by atoms with Gasteiger partial charge in [0.15, 0.2) is 5.65 Å². The molecule has 4 rings (SSSR count). The third kappa shape index (κ3) is 2.22. The lowest BCUT2D eigenvalue weighted by Crippen LogP contribution is -2.29. The maximum Gasteiger partial charge on any atom is 0.167 e. The van der Waals surface area contributed by atoms with Gasteiger partial charge in [-0.25, -0.2) is 9.97 Å². The van der Waals surface area contributed by atoms with Crippen molar-refractivity contribution in [2.24, 2.45) is 0 Å². The lowest BCUT2D eigenvalue weighted by atomic mass is 9.96. The lowest BCUT2D eigenvalue weighted by molar-refractivity contribution is 0.453. The van der Waals surface area contributed by atoms with Gasteiger partial charge < -0.3 is 11.1 Å². The summed E-state index contributed by atoms with van der Waals surface area (Å²) < 4.78 is 2.53. The summed E-state index contributed by atoms with van der Waals surface area (Å²) >= 11 is 5.18. The summed E-state index contributed by atoms with van der Waals surface area (Å²) in [5.41, 5.74) is 8.98. The fourth-order valence-electron chi connectivity index (χ4n) is 2.88. The monoisotopic (exact) mass is 378 g/mol. The summed E-state index contributed by atoms with van der Waals surface area (Å²) in [6.07, 6.45) is 5.85. The highest BCUT2D eigenvalue weighted by molar-refractivity contribution is 9.10. The molecule has 0 amide bonds. The highest BCUT2D eigenvalue weighted by Gasteiger charge is 2.24. The average Bonchev–Trinajstić information content (AvgIpc) is 3.20. The normalized spacial score (nSPS) is 18.9. The van der Waals surface area contributed by atoms with E-state index < -0.39 is 0 Å². The largest absolute Gasteiger partial charge is 0.383 e. The van der Waals surface area contributed by atoms with Gasteiger partial charge in [-0.05, 0) is 35.3 Å². The number of piperidine rings is 1. The van der Waals surface area contributed by atoms with Crippen LogP contribution in [0, 0.1) is 0 Å². The Bertz CT molecular complexity index is 806. The van der Waals surface area contributed by atoms with Crippen molar-refractivity contribution in [2.75, 3.05) is 18.8 Å². The highest BCUT2D eigenvalue weighted by Crippen LogP contribution is 2.35. The van der Waals surface area contributed by atoms with Crippen molar-refractivity contribution in [3.05, 3.63) is 27.9 Å². The molecular formula is C14H15BrN6S. The second kappa shape index (κ2) is 5.60. The third-order valence-corrected chi connectivity index (χ3v) is 5.61. The van der Waals surface area contributed by atoms with E-state index in [0.29, 0.717) is 11.7 Å². The standard InChI is InChI=1S/C14H15BrN6S/c15-10-11(8-2-1-3-17-6-8)20-13-9(14-18-4-5-22-14)7-19-21(13)12(10)16/h4-5,7-8,17H,1-3,6,16H2. The van der Waals surface area contributed by atoms with E-state index in [9.17, 15) is 0 Å². The molecule has 3 N–H and O–H groups in total. The number of nitrogen functional groups attached to an aromatic ring is 1. The number of nitrogens with zero attached hydrogens (tertiary/aromatic N) is 4.